The van der Waals surface area contributed by atoms with Gasteiger partial charge in [0.25, 0.3) is 5.91 Å². The lowest BCUT2D eigenvalue weighted by atomic mass is 10.2. The molecule has 0 unspecified atom stereocenters. The van der Waals surface area contributed by atoms with Crippen LogP contribution in [0.15, 0.2) is 36.5 Å². The highest BCUT2D eigenvalue weighted by Crippen LogP contribution is 2.35. The first kappa shape index (κ1) is 13.3. The Balaban J connectivity index is 1.79. The summed E-state index contributed by atoms with van der Waals surface area (Å²) in [5, 5.41) is 6.67. The Hall–Kier alpha value is -2.70. The van der Waals surface area contributed by atoms with Crippen LogP contribution in [0.25, 0.3) is 5.69 Å². The average Bonchev–Trinajstić information content (AvgIpc) is 3.06. The van der Waals surface area contributed by atoms with Crippen molar-refractivity contribution in [3.63, 3.8) is 0 Å². The third-order valence-electron chi connectivity index (χ3n) is 3.47. The molecular weight excluding hydrogens is 275 g/mol. The molecule has 108 valence electrons. The van der Waals surface area contributed by atoms with Crippen LogP contribution in [-0.2, 0) is 4.79 Å². The molecule has 0 saturated heterocycles. The number of primary amides is 1. The van der Waals surface area contributed by atoms with Crippen LogP contribution in [0.1, 0.15) is 23.3 Å². The Morgan fingerprint density at radius 3 is 2.71 bits per heavy atom. The normalized spacial score (nSPS) is 15.5. The summed E-state index contributed by atoms with van der Waals surface area (Å²) in [4.78, 5) is 23.3. The number of amides is 2. The van der Waals surface area contributed by atoms with E-state index in [1.54, 1.807) is 18.3 Å². The Morgan fingerprint density at radius 1 is 1.33 bits per heavy atom. The second kappa shape index (κ2) is 4.69. The van der Waals surface area contributed by atoms with E-state index in [9.17, 15) is 14.0 Å². The van der Waals surface area contributed by atoms with Crippen LogP contribution in [0.4, 0.5) is 4.39 Å². The summed E-state index contributed by atoms with van der Waals surface area (Å²) >= 11 is 0. The lowest BCUT2D eigenvalue weighted by molar-refractivity contribution is -0.120. The van der Waals surface area contributed by atoms with Crippen molar-refractivity contribution in [3.8, 4) is 5.69 Å². The number of hydrogen-bond donors (Lipinski definition) is 2. The molecule has 1 aromatic heterocycles. The number of hydrogen-bond acceptors (Lipinski definition) is 3. The first-order chi connectivity index (χ1) is 10.00. The first-order valence-corrected chi connectivity index (χ1v) is 6.44. The molecule has 2 amide bonds. The Morgan fingerprint density at radius 2 is 2.10 bits per heavy atom. The molecule has 1 aromatic carbocycles. The maximum atomic E-state index is 13.2. The minimum Gasteiger partial charge on any atom is -0.368 e. The molecule has 1 fully saturated rings. The molecule has 1 saturated carbocycles. The lowest BCUT2D eigenvalue weighted by Crippen LogP contribution is -2.46. The maximum Gasteiger partial charge on any atom is 0.272 e. The number of nitrogens with two attached hydrogens (primary N) is 1. The Bertz CT molecular complexity index is 721. The predicted octanol–water partition coefficient (Wildman–Crippen LogP) is 0.759. The molecule has 6 nitrogen and oxygen atoms in total. The number of carbonyl (C=O) groups is 2. The molecule has 7 heteroatoms. The van der Waals surface area contributed by atoms with E-state index in [0.29, 0.717) is 18.5 Å². The number of carbonyl (C=O) groups excluding carboxylic acids is 2. The monoisotopic (exact) mass is 288 g/mol. The molecule has 1 aliphatic carbocycles. The summed E-state index contributed by atoms with van der Waals surface area (Å²) in [6.45, 7) is 0. The number of halogens is 1. The van der Waals surface area contributed by atoms with Crippen molar-refractivity contribution in [2.75, 3.05) is 0 Å². The van der Waals surface area contributed by atoms with E-state index in [1.807, 2.05) is 0 Å². The van der Waals surface area contributed by atoms with Crippen molar-refractivity contribution in [1.29, 1.82) is 0 Å². The molecular formula is C14H13FN4O2. The second-order valence-electron chi connectivity index (χ2n) is 5.03. The molecule has 3 rings (SSSR count). The van der Waals surface area contributed by atoms with Crippen LogP contribution in [0.2, 0.25) is 0 Å². The van der Waals surface area contributed by atoms with Crippen LogP contribution in [-0.4, -0.2) is 27.1 Å². The van der Waals surface area contributed by atoms with Gasteiger partial charge in [-0.05, 0) is 37.1 Å². The molecule has 0 atom stereocenters. The smallest absolute Gasteiger partial charge is 0.272 e. The number of benzene rings is 1. The fourth-order valence-electron chi connectivity index (χ4n) is 2.05. The third-order valence-corrected chi connectivity index (χ3v) is 3.47. The Labute approximate surface area is 119 Å². The number of nitrogens with one attached hydrogen (secondary N) is 1. The maximum absolute atomic E-state index is 13.2. The quantitative estimate of drug-likeness (QED) is 0.870. The summed E-state index contributed by atoms with van der Waals surface area (Å²) in [5.41, 5.74) is 4.97. The van der Waals surface area contributed by atoms with Crippen LogP contribution < -0.4 is 11.1 Å². The topological polar surface area (TPSA) is 90.0 Å². The summed E-state index contributed by atoms with van der Waals surface area (Å²) < 4.78 is 14.6. The summed E-state index contributed by atoms with van der Waals surface area (Å²) in [6.07, 6.45) is 2.63. The third kappa shape index (κ3) is 2.49. The van der Waals surface area contributed by atoms with Crippen molar-refractivity contribution in [2.45, 2.75) is 18.4 Å². The van der Waals surface area contributed by atoms with Crippen LogP contribution in [0, 0.1) is 5.82 Å². The largest absolute Gasteiger partial charge is 0.368 e. The predicted molar refractivity (Wildman–Crippen MR) is 72.1 cm³/mol. The fourth-order valence-corrected chi connectivity index (χ4v) is 2.05. The van der Waals surface area contributed by atoms with Gasteiger partial charge in [0.05, 0.1) is 5.69 Å². The van der Waals surface area contributed by atoms with Gasteiger partial charge in [-0.3, -0.25) is 9.59 Å². The molecule has 0 bridgehead atoms. The van der Waals surface area contributed by atoms with Crippen LogP contribution in [0.3, 0.4) is 0 Å². The van der Waals surface area contributed by atoms with Gasteiger partial charge in [-0.25, -0.2) is 9.07 Å². The number of nitrogens with zero attached hydrogens (tertiary/aromatic N) is 2. The van der Waals surface area contributed by atoms with E-state index in [-0.39, 0.29) is 11.5 Å². The van der Waals surface area contributed by atoms with Gasteiger partial charge in [0.15, 0.2) is 5.69 Å². The second-order valence-corrected chi connectivity index (χ2v) is 5.03. The summed E-state index contributed by atoms with van der Waals surface area (Å²) in [7, 11) is 0. The van der Waals surface area contributed by atoms with Crippen molar-refractivity contribution in [3.05, 3.63) is 48.0 Å². The highest BCUT2D eigenvalue weighted by molar-refractivity contribution is 5.99. The molecule has 0 radical (unpaired) electrons. The molecule has 3 N–H and O–H groups in total. The van der Waals surface area contributed by atoms with Crippen molar-refractivity contribution in [1.82, 2.24) is 15.1 Å². The van der Waals surface area contributed by atoms with Crippen LogP contribution in [0.5, 0.6) is 0 Å². The summed E-state index contributed by atoms with van der Waals surface area (Å²) in [6, 6.07) is 7.35. The minimum atomic E-state index is -0.931. The van der Waals surface area contributed by atoms with E-state index in [0.717, 1.165) is 0 Å². The zero-order valence-corrected chi connectivity index (χ0v) is 11.0. The van der Waals surface area contributed by atoms with E-state index in [2.05, 4.69) is 10.4 Å². The van der Waals surface area contributed by atoms with Gasteiger partial charge >= 0.3 is 0 Å². The number of rotatable bonds is 4. The SMILES string of the molecule is NC(=O)C1(NC(=O)c2ccn(-c3cccc(F)c3)n2)CC1. The first-order valence-electron chi connectivity index (χ1n) is 6.44. The van der Waals surface area contributed by atoms with E-state index in [1.165, 1.54) is 22.9 Å². The molecule has 2 aromatic rings. The van der Waals surface area contributed by atoms with Crippen LogP contribution >= 0.6 is 0 Å². The Kier molecular flexibility index (Phi) is 2.97. The van der Waals surface area contributed by atoms with Crippen molar-refractivity contribution in [2.24, 2.45) is 5.73 Å². The lowest BCUT2D eigenvalue weighted by Gasteiger charge is -2.11. The van der Waals surface area contributed by atoms with Gasteiger partial charge in [-0.1, -0.05) is 6.07 Å². The molecule has 0 aliphatic heterocycles. The van der Waals surface area contributed by atoms with E-state index < -0.39 is 17.4 Å². The summed E-state index contributed by atoms with van der Waals surface area (Å²) in [5.74, 6) is -1.40. The van der Waals surface area contributed by atoms with E-state index in [4.69, 9.17) is 5.73 Å². The fraction of sp³-hybridized carbons (Fsp3) is 0.214. The zero-order chi connectivity index (χ0) is 15.0. The van der Waals surface area contributed by atoms with Gasteiger partial charge in [0.2, 0.25) is 5.91 Å². The average molecular weight is 288 g/mol. The van der Waals surface area contributed by atoms with Crippen molar-refractivity contribution >= 4 is 11.8 Å². The van der Waals surface area contributed by atoms with Gasteiger partial charge in [0.1, 0.15) is 11.4 Å². The van der Waals surface area contributed by atoms with Gasteiger partial charge in [-0.15, -0.1) is 0 Å². The molecule has 1 aliphatic rings. The van der Waals surface area contributed by atoms with Gasteiger partial charge < -0.3 is 11.1 Å². The highest BCUT2D eigenvalue weighted by atomic mass is 19.1. The van der Waals surface area contributed by atoms with E-state index >= 15 is 0 Å². The molecule has 1 heterocycles. The molecule has 21 heavy (non-hydrogen) atoms. The van der Waals surface area contributed by atoms with Gasteiger partial charge in [0, 0.05) is 6.20 Å². The standard InChI is InChI=1S/C14H13FN4O2/c15-9-2-1-3-10(8-9)19-7-4-11(18-19)12(20)17-14(5-6-14)13(16)21/h1-4,7-8H,5-6H2,(H2,16,21)(H,17,20). The molecule has 0 spiro atoms. The van der Waals surface area contributed by atoms with Gasteiger partial charge in [-0.2, -0.15) is 5.10 Å². The highest BCUT2D eigenvalue weighted by Gasteiger charge is 2.50. The zero-order valence-electron chi connectivity index (χ0n) is 11.0. The van der Waals surface area contributed by atoms with Crippen molar-refractivity contribution < 1.29 is 14.0 Å². The minimum absolute atomic E-state index is 0.145. The number of aromatic nitrogens is 2.